The molecule has 0 saturated heterocycles. The van der Waals surface area contributed by atoms with Gasteiger partial charge < -0.3 is 5.73 Å². The van der Waals surface area contributed by atoms with Crippen LogP contribution in [0.2, 0.25) is 0 Å². The summed E-state index contributed by atoms with van der Waals surface area (Å²) >= 11 is 0. The van der Waals surface area contributed by atoms with Crippen molar-refractivity contribution in [3.63, 3.8) is 0 Å². The van der Waals surface area contributed by atoms with Crippen LogP contribution in [0, 0.1) is 5.92 Å². The van der Waals surface area contributed by atoms with Gasteiger partial charge in [0, 0.05) is 6.04 Å². The maximum atomic E-state index is 6.18. The molecule has 0 aromatic carbocycles. The van der Waals surface area contributed by atoms with Crippen LogP contribution in [0.15, 0.2) is 0 Å². The minimum Gasteiger partial charge on any atom is -0.327 e. The minimum atomic E-state index is 0.450. The van der Waals surface area contributed by atoms with E-state index in [0.717, 1.165) is 5.92 Å². The Morgan fingerprint density at radius 2 is 1.33 bits per heavy atom. The van der Waals surface area contributed by atoms with Crippen LogP contribution in [0.5, 0.6) is 0 Å². The third kappa shape index (κ3) is 7.84. The van der Waals surface area contributed by atoms with Crippen molar-refractivity contribution >= 4 is 0 Å². The third-order valence-corrected chi connectivity index (χ3v) is 3.55. The van der Waals surface area contributed by atoms with Crippen LogP contribution in [-0.2, 0) is 0 Å². The van der Waals surface area contributed by atoms with Gasteiger partial charge in [-0.3, -0.25) is 0 Å². The molecule has 15 heavy (non-hydrogen) atoms. The molecule has 0 saturated carbocycles. The van der Waals surface area contributed by atoms with Crippen LogP contribution >= 0.6 is 0 Å². The predicted molar refractivity (Wildman–Crippen MR) is 70.0 cm³/mol. The van der Waals surface area contributed by atoms with Crippen molar-refractivity contribution < 1.29 is 0 Å². The average Bonchev–Trinajstić information content (AvgIpc) is 2.25. The molecule has 0 aromatic heterocycles. The van der Waals surface area contributed by atoms with E-state index in [-0.39, 0.29) is 0 Å². The lowest BCUT2D eigenvalue weighted by atomic mass is 9.91. The highest BCUT2D eigenvalue weighted by molar-refractivity contribution is 4.70. The fourth-order valence-electron chi connectivity index (χ4n) is 2.29. The van der Waals surface area contributed by atoms with Gasteiger partial charge in [0.25, 0.3) is 0 Å². The Bertz CT molecular complexity index is 119. The van der Waals surface area contributed by atoms with Crippen molar-refractivity contribution in [3.05, 3.63) is 0 Å². The standard InChI is InChI=1S/C14H31N/c1-4-7-8-9-10-11-12-14(15)13(5-2)6-3/h13-14H,4-12,15H2,1-3H3. The van der Waals surface area contributed by atoms with E-state index in [1.165, 1.54) is 57.8 Å². The summed E-state index contributed by atoms with van der Waals surface area (Å²) < 4.78 is 0. The second-order valence-corrected chi connectivity index (χ2v) is 4.80. The molecule has 0 radical (unpaired) electrons. The maximum Gasteiger partial charge on any atom is 0.00669 e. The molecule has 0 bridgehead atoms. The average molecular weight is 213 g/mol. The number of rotatable bonds is 10. The van der Waals surface area contributed by atoms with Gasteiger partial charge in [-0.05, 0) is 12.3 Å². The SMILES string of the molecule is CCCCCCCCC(N)C(CC)CC. The van der Waals surface area contributed by atoms with Crippen LogP contribution in [0.25, 0.3) is 0 Å². The van der Waals surface area contributed by atoms with Gasteiger partial charge in [-0.1, -0.05) is 72.1 Å². The van der Waals surface area contributed by atoms with Crippen molar-refractivity contribution in [1.82, 2.24) is 0 Å². The summed E-state index contributed by atoms with van der Waals surface area (Å²) in [5.41, 5.74) is 6.18. The zero-order chi connectivity index (χ0) is 11.5. The summed E-state index contributed by atoms with van der Waals surface area (Å²) in [5.74, 6) is 0.751. The highest BCUT2D eigenvalue weighted by atomic mass is 14.6. The molecule has 1 heteroatoms. The number of nitrogens with two attached hydrogens (primary N) is 1. The molecule has 0 aliphatic heterocycles. The van der Waals surface area contributed by atoms with Crippen LogP contribution in [0.3, 0.4) is 0 Å². The molecule has 0 heterocycles. The van der Waals surface area contributed by atoms with Crippen LogP contribution in [0.1, 0.15) is 78.6 Å². The van der Waals surface area contributed by atoms with Gasteiger partial charge in [-0.2, -0.15) is 0 Å². The van der Waals surface area contributed by atoms with Gasteiger partial charge in [0.2, 0.25) is 0 Å². The second-order valence-electron chi connectivity index (χ2n) is 4.80. The Balaban J connectivity index is 3.33. The van der Waals surface area contributed by atoms with E-state index in [0.29, 0.717) is 6.04 Å². The smallest absolute Gasteiger partial charge is 0.00669 e. The Labute approximate surface area is 96.8 Å². The zero-order valence-corrected chi connectivity index (χ0v) is 11.1. The van der Waals surface area contributed by atoms with Crippen LogP contribution in [0.4, 0.5) is 0 Å². The Hall–Kier alpha value is -0.0400. The number of hydrogen-bond acceptors (Lipinski definition) is 1. The molecule has 0 aliphatic carbocycles. The van der Waals surface area contributed by atoms with Gasteiger partial charge in [0.1, 0.15) is 0 Å². The van der Waals surface area contributed by atoms with E-state index in [2.05, 4.69) is 20.8 Å². The largest absolute Gasteiger partial charge is 0.327 e. The van der Waals surface area contributed by atoms with Gasteiger partial charge >= 0.3 is 0 Å². The molecule has 0 aliphatic rings. The summed E-state index contributed by atoms with van der Waals surface area (Å²) in [6.07, 6.45) is 12.0. The molecule has 1 nitrogen and oxygen atoms in total. The van der Waals surface area contributed by atoms with Crippen molar-refractivity contribution in [2.75, 3.05) is 0 Å². The first kappa shape index (κ1) is 15.0. The summed E-state index contributed by atoms with van der Waals surface area (Å²) in [4.78, 5) is 0. The van der Waals surface area contributed by atoms with Gasteiger partial charge in [-0.15, -0.1) is 0 Å². The molecule has 0 aromatic rings. The molecule has 0 amide bonds. The molecule has 0 spiro atoms. The monoisotopic (exact) mass is 213 g/mol. The zero-order valence-electron chi connectivity index (χ0n) is 11.1. The fourth-order valence-corrected chi connectivity index (χ4v) is 2.29. The maximum absolute atomic E-state index is 6.18. The van der Waals surface area contributed by atoms with Gasteiger partial charge in [0.05, 0.1) is 0 Å². The van der Waals surface area contributed by atoms with Crippen molar-refractivity contribution in [2.45, 2.75) is 84.6 Å². The van der Waals surface area contributed by atoms with Crippen molar-refractivity contribution in [1.29, 1.82) is 0 Å². The lowest BCUT2D eigenvalue weighted by Gasteiger charge is -2.20. The van der Waals surface area contributed by atoms with Crippen molar-refractivity contribution in [3.8, 4) is 0 Å². The van der Waals surface area contributed by atoms with E-state index in [4.69, 9.17) is 5.73 Å². The summed E-state index contributed by atoms with van der Waals surface area (Å²) in [5, 5.41) is 0. The third-order valence-electron chi connectivity index (χ3n) is 3.55. The lowest BCUT2D eigenvalue weighted by Crippen LogP contribution is -2.29. The molecule has 0 fully saturated rings. The van der Waals surface area contributed by atoms with Gasteiger partial charge in [0.15, 0.2) is 0 Å². The normalized spacial score (nSPS) is 13.4. The van der Waals surface area contributed by atoms with E-state index in [1.807, 2.05) is 0 Å². The molecule has 2 N–H and O–H groups in total. The lowest BCUT2D eigenvalue weighted by molar-refractivity contribution is 0.366. The molecular weight excluding hydrogens is 182 g/mol. The quantitative estimate of drug-likeness (QED) is 0.531. The predicted octanol–water partition coefficient (Wildman–Crippen LogP) is 4.50. The molecular formula is C14H31N. The van der Waals surface area contributed by atoms with E-state index >= 15 is 0 Å². The summed E-state index contributed by atoms with van der Waals surface area (Å²) in [6.45, 7) is 6.79. The summed E-state index contributed by atoms with van der Waals surface area (Å²) in [6, 6.07) is 0.450. The number of unbranched alkanes of at least 4 members (excludes halogenated alkanes) is 5. The fraction of sp³-hybridized carbons (Fsp3) is 1.00. The first-order chi connectivity index (χ1) is 7.26. The number of hydrogen-bond donors (Lipinski definition) is 1. The second kappa shape index (κ2) is 10.5. The molecule has 1 unspecified atom stereocenters. The van der Waals surface area contributed by atoms with Crippen molar-refractivity contribution in [2.24, 2.45) is 11.7 Å². The molecule has 92 valence electrons. The Morgan fingerprint density at radius 1 is 0.800 bits per heavy atom. The first-order valence-electron chi connectivity index (χ1n) is 7.01. The molecule has 1 atom stereocenters. The van der Waals surface area contributed by atoms with Crippen LogP contribution < -0.4 is 5.73 Å². The van der Waals surface area contributed by atoms with Gasteiger partial charge in [-0.25, -0.2) is 0 Å². The van der Waals surface area contributed by atoms with Crippen LogP contribution in [-0.4, -0.2) is 6.04 Å². The first-order valence-corrected chi connectivity index (χ1v) is 7.01. The Morgan fingerprint density at radius 3 is 1.87 bits per heavy atom. The highest BCUT2D eigenvalue weighted by Gasteiger charge is 2.12. The van der Waals surface area contributed by atoms with E-state index in [1.54, 1.807) is 0 Å². The van der Waals surface area contributed by atoms with E-state index in [9.17, 15) is 0 Å². The Kier molecular flexibility index (Phi) is 10.4. The molecule has 0 rings (SSSR count). The summed E-state index contributed by atoms with van der Waals surface area (Å²) in [7, 11) is 0. The topological polar surface area (TPSA) is 26.0 Å². The highest BCUT2D eigenvalue weighted by Crippen LogP contribution is 2.17. The van der Waals surface area contributed by atoms with E-state index < -0.39 is 0 Å². The minimum absolute atomic E-state index is 0.450.